The van der Waals surface area contributed by atoms with Crippen LogP contribution >= 0.6 is 15.9 Å². The Morgan fingerprint density at radius 2 is 2.20 bits per heavy atom. The normalized spacial score (nSPS) is 11.7. The van der Waals surface area contributed by atoms with Crippen molar-refractivity contribution in [1.82, 2.24) is 19.7 Å². The van der Waals surface area contributed by atoms with Crippen LogP contribution in [0.15, 0.2) is 47.2 Å². The van der Waals surface area contributed by atoms with Crippen molar-refractivity contribution in [3.8, 4) is 17.3 Å². The van der Waals surface area contributed by atoms with E-state index in [1.807, 2.05) is 11.5 Å². The Morgan fingerprint density at radius 1 is 1.37 bits per heavy atom. The fourth-order valence-electron chi connectivity index (χ4n) is 2.94. The number of nitrogens with zero attached hydrogens (tertiary/aromatic N) is 4. The third kappa shape index (κ3) is 5.20. The van der Waals surface area contributed by atoms with Gasteiger partial charge in [0.15, 0.2) is 5.82 Å². The van der Waals surface area contributed by atoms with Crippen LogP contribution < -0.4 is 10.1 Å². The maximum atomic E-state index is 11.4. The molecule has 3 rings (SSSR count). The third-order valence-electron chi connectivity index (χ3n) is 4.43. The average Bonchev–Trinajstić information content (AvgIpc) is 3.22. The molecule has 0 radical (unpaired) electrons. The second kappa shape index (κ2) is 9.97. The summed E-state index contributed by atoms with van der Waals surface area (Å²) in [5.41, 5.74) is 0.719. The lowest BCUT2D eigenvalue weighted by atomic mass is 10.1. The summed E-state index contributed by atoms with van der Waals surface area (Å²) in [7, 11) is 0. The van der Waals surface area contributed by atoms with Crippen LogP contribution in [-0.2, 0) is 4.79 Å². The van der Waals surface area contributed by atoms with Gasteiger partial charge in [0.25, 0.3) is 0 Å². The molecule has 30 heavy (non-hydrogen) atoms. The first-order chi connectivity index (χ1) is 14.5. The molecule has 2 aromatic heterocycles. The molecule has 1 aromatic carbocycles. The largest absolute Gasteiger partial charge is 0.493 e. The van der Waals surface area contributed by atoms with Crippen LogP contribution in [0.3, 0.4) is 0 Å². The van der Waals surface area contributed by atoms with Gasteiger partial charge >= 0.3 is 5.97 Å². The van der Waals surface area contributed by atoms with Gasteiger partial charge < -0.3 is 19.7 Å². The number of carboxylic acids is 1. The number of aromatic nitrogens is 4. The average molecular weight is 474 g/mol. The van der Waals surface area contributed by atoms with Crippen molar-refractivity contribution in [2.45, 2.75) is 25.8 Å². The van der Waals surface area contributed by atoms with Gasteiger partial charge in [-0.25, -0.2) is 9.78 Å². The Balaban J connectivity index is 1.61. The monoisotopic (exact) mass is 473 g/mol. The molecule has 0 saturated heterocycles. The van der Waals surface area contributed by atoms with Gasteiger partial charge in [0.05, 0.1) is 6.61 Å². The van der Waals surface area contributed by atoms with Gasteiger partial charge in [-0.1, -0.05) is 22.0 Å². The molecule has 9 nitrogen and oxygen atoms in total. The number of anilines is 1. The number of pyridine rings is 1. The molecular formula is C20H20BrN5O4. The van der Waals surface area contributed by atoms with Gasteiger partial charge in [-0.15, -0.1) is 10.2 Å². The van der Waals surface area contributed by atoms with E-state index in [-0.39, 0.29) is 11.6 Å². The lowest BCUT2D eigenvalue weighted by molar-refractivity contribution is -0.105. The van der Waals surface area contributed by atoms with Crippen LogP contribution in [0.4, 0.5) is 5.82 Å². The Labute approximate surface area is 181 Å². The van der Waals surface area contributed by atoms with E-state index in [0.29, 0.717) is 47.0 Å². The minimum atomic E-state index is -1.03. The van der Waals surface area contributed by atoms with Crippen LogP contribution in [0.25, 0.3) is 11.5 Å². The predicted octanol–water partition coefficient (Wildman–Crippen LogP) is 3.79. The summed E-state index contributed by atoms with van der Waals surface area (Å²) in [6.07, 6.45) is 3.67. The van der Waals surface area contributed by atoms with Gasteiger partial charge in [0.2, 0.25) is 6.41 Å². The number of carbonyl (C=O) groups excluding carboxylic acids is 1. The first-order valence-electron chi connectivity index (χ1n) is 9.22. The number of hydrogen-bond acceptors (Lipinski definition) is 6. The molecular weight excluding hydrogens is 454 g/mol. The minimum absolute atomic E-state index is 0.0620. The fraction of sp³-hybridized carbons (Fsp3) is 0.250. The summed E-state index contributed by atoms with van der Waals surface area (Å²) in [5.74, 6) is 0.334. The maximum Gasteiger partial charge on any atom is 0.339 e. The standard InChI is InChI=1S/C20H20BrN5O4/c1-13(4-3-9-30-17-8-7-14(21)10-15(17)20(28)29)26-11-23-25-19(26)16-5-2-6-18(24-16)22-12-27/h2,5-8,10-13H,3-4,9H2,1H3,(H,28,29)(H,22,24,27). The Bertz CT molecular complexity index is 1040. The molecule has 0 saturated carbocycles. The zero-order chi connectivity index (χ0) is 21.5. The highest BCUT2D eigenvalue weighted by Gasteiger charge is 2.15. The molecule has 1 unspecified atom stereocenters. The zero-order valence-corrected chi connectivity index (χ0v) is 17.7. The molecule has 3 aromatic rings. The van der Waals surface area contributed by atoms with Crippen molar-refractivity contribution in [2.24, 2.45) is 0 Å². The van der Waals surface area contributed by atoms with E-state index >= 15 is 0 Å². The van der Waals surface area contributed by atoms with E-state index < -0.39 is 5.97 Å². The summed E-state index contributed by atoms with van der Waals surface area (Å²) in [4.78, 5) is 26.4. The molecule has 2 N–H and O–H groups in total. The summed E-state index contributed by atoms with van der Waals surface area (Å²) in [6, 6.07) is 10.2. The van der Waals surface area contributed by atoms with Gasteiger partial charge in [-0.05, 0) is 50.1 Å². The number of benzene rings is 1. The van der Waals surface area contributed by atoms with Crippen molar-refractivity contribution in [3.63, 3.8) is 0 Å². The SMILES string of the molecule is CC(CCCOc1ccc(Br)cc1C(=O)O)n1cnnc1-c1cccc(NC=O)n1. The molecule has 156 valence electrons. The maximum absolute atomic E-state index is 11.4. The number of hydrogen-bond donors (Lipinski definition) is 2. The fourth-order valence-corrected chi connectivity index (χ4v) is 3.30. The highest BCUT2D eigenvalue weighted by molar-refractivity contribution is 9.10. The summed E-state index contributed by atoms with van der Waals surface area (Å²) in [5, 5.41) is 20.0. The minimum Gasteiger partial charge on any atom is -0.493 e. The predicted molar refractivity (Wildman–Crippen MR) is 113 cm³/mol. The third-order valence-corrected chi connectivity index (χ3v) is 4.92. The molecule has 10 heteroatoms. The van der Waals surface area contributed by atoms with Gasteiger partial charge in [-0.2, -0.15) is 0 Å². The second-order valence-electron chi connectivity index (χ2n) is 6.52. The number of carbonyl (C=O) groups is 2. The molecule has 0 spiro atoms. The molecule has 0 aliphatic carbocycles. The van der Waals surface area contributed by atoms with E-state index in [2.05, 4.69) is 36.4 Å². The van der Waals surface area contributed by atoms with Gasteiger partial charge in [0.1, 0.15) is 29.2 Å². The Hall–Kier alpha value is -3.27. The van der Waals surface area contributed by atoms with Crippen molar-refractivity contribution in [3.05, 3.63) is 52.8 Å². The number of nitrogens with one attached hydrogen (secondary N) is 1. The van der Waals surface area contributed by atoms with Crippen molar-refractivity contribution in [2.75, 3.05) is 11.9 Å². The number of ether oxygens (including phenoxy) is 1. The molecule has 1 amide bonds. The first kappa shape index (κ1) is 21.4. The molecule has 0 aliphatic rings. The highest BCUT2D eigenvalue weighted by Crippen LogP contribution is 2.25. The summed E-state index contributed by atoms with van der Waals surface area (Å²) < 4.78 is 8.28. The molecule has 0 aliphatic heterocycles. The van der Waals surface area contributed by atoms with Crippen LogP contribution in [0.2, 0.25) is 0 Å². The van der Waals surface area contributed by atoms with E-state index in [9.17, 15) is 14.7 Å². The number of carboxylic acid groups (broad SMARTS) is 1. The van der Waals surface area contributed by atoms with Crippen LogP contribution in [0.5, 0.6) is 5.75 Å². The lowest BCUT2D eigenvalue weighted by Gasteiger charge is -2.16. The van der Waals surface area contributed by atoms with Crippen LogP contribution in [0, 0.1) is 0 Å². The van der Waals surface area contributed by atoms with E-state index in [1.165, 1.54) is 6.07 Å². The zero-order valence-electron chi connectivity index (χ0n) is 16.2. The van der Waals surface area contributed by atoms with E-state index in [1.54, 1.807) is 36.7 Å². The van der Waals surface area contributed by atoms with Gasteiger partial charge in [-0.3, -0.25) is 4.79 Å². The molecule has 0 bridgehead atoms. The summed E-state index contributed by atoms with van der Waals surface area (Å²) in [6.45, 7) is 2.41. The first-order valence-corrected chi connectivity index (χ1v) is 10.0. The van der Waals surface area contributed by atoms with Crippen molar-refractivity contribution < 1.29 is 19.4 Å². The van der Waals surface area contributed by atoms with Crippen molar-refractivity contribution in [1.29, 1.82) is 0 Å². The van der Waals surface area contributed by atoms with Crippen LogP contribution in [-0.4, -0.2) is 43.8 Å². The number of halogens is 1. The Kier molecular flexibility index (Phi) is 7.12. The molecule has 0 fully saturated rings. The van der Waals surface area contributed by atoms with E-state index in [4.69, 9.17) is 4.74 Å². The smallest absolute Gasteiger partial charge is 0.339 e. The quantitative estimate of drug-likeness (QED) is 0.339. The highest BCUT2D eigenvalue weighted by atomic mass is 79.9. The second-order valence-corrected chi connectivity index (χ2v) is 7.43. The molecule has 2 heterocycles. The number of amides is 1. The van der Waals surface area contributed by atoms with E-state index in [0.717, 1.165) is 6.42 Å². The van der Waals surface area contributed by atoms with Gasteiger partial charge in [0, 0.05) is 10.5 Å². The number of rotatable bonds is 10. The topological polar surface area (TPSA) is 119 Å². The lowest BCUT2D eigenvalue weighted by Crippen LogP contribution is -2.10. The Morgan fingerprint density at radius 3 is 2.97 bits per heavy atom. The summed E-state index contributed by atoms with van der Waals surface area (Å²) >= 11 is 3.27. The van der Waals surface area contributed by atoms with Crippen LogP contribution in [0.1, 0.15) is 36.2 Å². The number of aromatic carboxylic acids is 1. The molecule has 1 atom stereocenters. The van der Waals surface area contributed by atoms with Crippen molar-refractivity contribution >= 4 is 34.1 Å².